The van der Waals surface area contributed by atoms with E-state index in [1.807, 2.05) is 30.3 Å². The first kappa shape index (κ1) is 29.5. The van der Waals surface area contributed by atoms with Crippen molar-refractivity contribution in [3.63, 3.8) is 0 Å². The van der Waals surface area contributed by atoms with Gasteiger partial charge in [0.15, 0.2) is 11.5 Å². The van der Waals surface area contributed by atoms with Crippen molar-refractivity contribution in [3.8, 4) is 39.8 Å². The van der Waals surface area contributed by atoms with E-state index in [0.717, 1.165) is 78.3 Å². The van der Waals surface area contributed by atoms with Gasteiger partial charge in [0.25, 0.3) is 0 Å². The quantitative estimate of drug-likeness (QED) is 0.186. The van der Waals surface area contributed by atoms with E-state index in [2.05, 4.69) is 161 Å². The molecule has 0 amide bonds. The zero-order chi connectivity index (χ0) is 34.9. The van der Waals surface area contributed by atoms with Gasteiger partial charge in [-0.15, -0.1) is 0 Å². The first-order valence-corrected chi connectivity index (χ1v) is 17.8. The molecule has 5 nitrogen and oxygen atoms in total. The van der Waals surface area contributed by atoms with E-state index in [9.17, 15) is 0 Å². The molecule has 0 radical (unpaired) electrons. The van der Waals surface area contributed by atoms with Crippen molar-refractivity contribution in [3.05, 3.63) is 182 Å². The second kappa shape index (κ2) is 11.7. The van der Waals surface area contributed by atoms with Crippen LogP contribution < -0.4 is 9.64 Å². The molecule has 53 heavy (non-hydrogen) atoms. The molecule has 0 bridgehead atoms. The lowest BCUT2D eigenvalue weighted by molar-refractivity contribution is 0.477. The van der Waals surface area contributed by atoms with Gasteiger partial charge >= 0.3 is 0 Å². The Morgan fingerprint density at radius 3 is 2.00 bits per heavy atom. The molecule has 11 rings (SSSR count). The van der Waals surface area contributed by atoms with Gasteiger partial charge in [-0.3, -0.25) is 4.57 Å². The first-order chi connectivity index (χ1) is 26.3. The molecule has 0 saturated heterocycles. The number of aromatic nitrogens is 3. The zero-order valence-electron chi connectivity index (χ0n) is 28.5. The number of nitrogens with zero attached hydrogens (tertiary/aromatic N) is 4. The minimum atomic E-state index is 0.647. The van der Waals surface area contributed by atoms with Crippen LogP contribution in [0.15, 0.2) is 182 Å². The molecular formula is C48H30N4O. The SMILES string of the molecule is c1ccc(-c2nc(-n3c4ccc(-c5ccc6c(c5)N(c5ccccc5)c5ccccc5O6)cc4c4c5ccccc5ccc43)nc3ccccc23)cc1. The average Bonchev–Trinajstić information content (AvgIpc) is 3.57. The van der Waals surface area contributed by atoms with Crippen molar-refractivity contribution in [1.29, 1.82) is 0 Å². The van der Waals surface area contributed by atoms with E-state index in [1.165, 1.54) is 16.2 Å². The molecule has 0 N–H and O–H groups in total. The van der Waals surface area contributed by atoms with Crippen molar-refractivity contribution in [2.45, 2.75) is 0 Å². The highest BCUT2D eigenvalue weighted by molar-refractivity contribution is 6.22. The molecule has 0 fully saturated rings. The largest absolute Gasteiger partial charge is 0.453 e. The van der Waals surface area contributed by atoms with Gasteiger partial charge in [0.1, 0.15) is 0 Å². The third kappa shape index (κ3) is 4.64. The number of hydrogen-bond acceptors (Lipinski definition) is 4. The number of anilines is 3. The second-order valence-electron chi connectivity index (χ2n) is 13.4. The fourth-order valence-corrected chi connectivity index (χ4v) is 7.96. The van der Waals surface area contributed by atoms with Gasteiger partial charge in [0, 0.05) is 27.4 Å². The monoisotopic (exact) mass is 678 g/mol. The molecule has 0 saturated carbocycles. The van der Waals surface area contributed by atoms with Gasteiger partial charge in [-0.1, -0.05) is 121 Å². The van der Waals surface area contributed by atoms with Crippen LogP contribution in [0.5, 0.6) is 11.5 Å². The Morgan fingerprint density at radius 2 is 1.11 bits per heavy atom. The van der Waals surface area contributed by atoms with Gasteiger partial charge in [-0.05, 0) is 82.6 Å². The van der Waals surface area contributed by atoms with Crippen LogP contribution in [-0.4, -0.2) is 14.5 Å². The Morgan fingerprint density at radius 1 is 0.434 bits per heavy atom. The van der Waals surface area contributed by atoms with Gasteiger partial charge in [-0.25, -0.2) is 9.97 Å². The molecule has 2 aromatic heterocycles. The van der Waals surface area contributed by atoms with Crippen LogP contribution in [0, 0.1) is 0 Å². The highest BCUT2D eigenvalue weighted by atomic mass is 16.5. The second-order valence-corrected chi connectivity index (χ2v) is 13.4. The number of para-hydroxylation sites is 4. The maximum absolute atomic E-state index is 6.46. The molecule has 0 atom stereocenters. The summed E-state index contributed by atoms with van der Waals surface area (Å²) in [5.74, 6) is 2.31. The van der Waals surface area contributed by atoms with Crippen molar-refractivity contribution in [1.82, 2.24) is 14.5 Å². The minimum Gasteiger partial charge on any atom is -0.453 e. The molecular weight excluding hydrogens is 649 g/mol. The predicted octanol–water partition coefficient (Wildman–Crippen LogP) is 12.8. The molecule has 1 aliphatic rings. The highest BCUT2D eigenvalue weighted by Gasteiger charge is 2.26. The minimum absolute atomic E-state index is 0.647. The Bertz CT molecular complexity index is 3040. The Labute approximate surface area is 305 Å². The molecule has 1 aliphatic heterocycles. The fourth-order valence-electron chi connectivity index (χ4n) is 7.96. The lowest BCUT2D eigenvalue weighted by atomic mass is 9.99. The van der Waals surface area contributed by atoms with E-state index in [0.29, 0.717) is 5.95 Å². The van der Waals surface area contributed by atoms with Crippen molar-refractivity contribution < 1.29 is 4.74 Å². The molecule has 8 aromatic carbocycles. The lowest BCUT2D eigenvalue weighted by Gasteiger charge is -2.33. The van der Waals surface area contributed by atoms with E-state index in [1.54, 1.807) is 0 Å². The summed E-state index contributed by atoms with van der Waals surface area (Å²) in [5.41, 5.74) is 10.3. The molecule has 0 aliphatic carbocycles. The molecule has 3 heterocycles. The summed E-state index contributed by atoms with van der Waals surface area (Å²) in [5, 5.41) is 5.74. The Balaban J connectivity index is 1.15. The van der Waals surface area contributed by atoms with Crippen molar-refractivity contribution in [2.75, 3.05) is 4.90 Å². The summed E-state index contributed by atoms with van der Waals surface area (Å²) in [6, 6.07) is 63.7. The standard InChI is InChI=1S/C48H30N4O/c1-3-14-32(15-4-1)47-37-19-9-10-20-39(37)49-48(50-47)52-40-26-24-33(29-38(40)46-36-18-8-7-13-31(36)23-27-42(46)52)34-25-28-45-43(30-34)51(35-16-5-2-6-17-35)41-21-11-12-22-44(41)53-45/h1-30H. The number of ether oxygens (including phenoxy) is 1. The maximum atomic E-state index is 6.46. The summed E-state index contributed by atoms with van der Waals surface area (Å²) in [4.78, 5) is 12.8. The van der Waals surface area contributed by atoms with Crippen molar-refractivity contribution in [2.24, 2.45) is 0 Å². The van der Waals surface area contributed by atoms with Gasteiger partial charge in [0.05, 0.1) is 33.6 Å². The smallest absolute Gasteiger partial charge is 0.235 e. The topological polar surface area (TPSA) is 43.2 Å². The summed E-state index contributed by atoms with van der Waals surface area (Å²) in [7, 11) is 0. The highest BCUT2D eigenvalue weighted by Crippen LogP contribution is 2.51. The van der Waals surface area contributed by atoms with Crippen LogP contribution in [0.1, 0.15) is 0 Å². The molecule has 5 heteroatoms. The van der Waals surface area contributed by atoms with E-state index in [4.69, 9.17) is 14.7 Å². The molecule has 0 unspecified atom stereocenters. The van der Waals surface area contributed by atoms with E-state index in [-0.39, 0.29) is 0 Å². The lowest BCUT2D eigenvalue weighted by Crippen LogP contribution is -2.15. The van der Waals surface area contributed by atoms with Crippen LogP contribution in [0.2, 0.25) is 0 Å². The predicted molar refractivity (Wildman–Crippen MR) is 217 cm³/mol. The summed E-state index contributed by atoms with van der Waals surface area (Å²) < 4.78 is 8.69. The maximum Gasteiger partial charge on any atom is 0.235 e. The van der Waals surface area contributed by atoms with Crippen LogP contribution in [0.4, 0.5) is 17.1 Å². The van der Waals surface area contributed by atoms with Crippen LogP contribution in [0.3, 0.4) is 0 Å². The summed E-state index contributed by atoms with van der Waals surface area (Å²) in [6.07, 6.45) is 0. The van der Waals surface area contributed by atoms with Gasteiger partial charge < -0.3 is 9.64 Å². The normalized spacial score (nSPS) is 12.3. The fraction of sp³-hybridized carbons (Fsp3) is 0. The number of benzene rings is 8. The Kier molecular flexibility index (Phi) is 6.48. The number of hydrogen-bond donors (Lipinski definition) is 0. The van der Waals surface area contributed by atoms with Gasteiger partial charge in [0.2, 0.25) is 5.95 Å². The van der Waals surface area contributed by atoms with E-state index < -0.39 is 0 Å². The molecule has 0 spiro atoms. The van der Waals surface area contributed by atoms with Gasteiger partial charge in [-0.2, -0.15) is 0 Å². The summed E-state index contributed by atoms with van der Waals surface area (Å²) in [6.45, 7) is 0. The molecule has 10 aromatic rings. The van der Waals surface area contributed by atoms with Crippen molar-refractivity contribution >= 4 is 60.5 Å². The zero-order valence-corrected chi connectivity index (χ0v) is 28.5. The third-order valence-electron chi connectivity index (χ3n) is 10.4. The van der Waals surface area contributed by atoms with E-state index >= 15 is 0 Å². The van der Waals surface area contributed by atoms with Crippen LogP contribution >= 0.6 is 0 Å². The number of rotatable bonds is 4. The first-order valence-electron chi connectivity index (χ1n) is 17.8. The van der Waals surface area contributed by atoms with Crippen LogP contribution in [0.25, 0.3) is 71.8 Å². The average molecular weight is 679 g/mol. The third-order valence-corrected chi connectivity index (χ3v) is 10.4. The van der Waals surface area contributed by atoms with Crippen LogP contribution in [-0.2, 0) is 0 Å². The summed E-state index contributed by atoms with van der Waals surface area (Å²) >= 11 is 0. The Hall–Kier alpha value is -7.24. The molecule has 248 valence electrons. The number of fused-ring (bicyclic) bond motifs is 8.